The summed E-state index contributed by atoms with van der Waals surface area (Å²) in [5, 5.41) is 182. The van der Waals surface area contributed by atoms with Gasteiger partial charge >= 0.3 is 87.9 Å². The summed E-state index contributed by atoms with van der Waals surface area (Å²) in [7, 11) is -22.2. The van der Waals surface area contributed by atoms with Gasteiger partial charge in [0.1, 0.15) is 0 Å². The third-order valence-electron chi connectivity index (χ3n) is 5.92. The highest BCUT2D eigenvalue weighted by Crippen LogP contribution is 2.03. The summed E-state index contributed by atoms with van der Waals surface area (Å²) in [5.74, 6) is 0. The van der Waals surface area contributed by atoms with Gasteiger partial charge in [-0.2, -0.15) is 0 Å². The van der Waals surface area contributed by atoms with Crippen molar-refractivity contribution in [3.63, 3.8) is 0 Å². The average molecular weight is 1530 g/mol. The lowest BCUT2D eigenvalue weighted by Crippen LogP contribution is -2.27. The molecule has 0 aliphatic carbocycles. The Bertz CT molecular complexity index is 799. The standard InChI is InChI=1S/2C12H27N.12BClH2O3/c2*1-4-7-10-13(11-8-5-2)12-9-6-3;12*2-5-1(3)4/h2*4-12H2,1-3H3;12*3-4H. The number of halogens is 12. The molecule has 520 valence electrons. The van der Waals surface area contributed by atoms with Gasteiger partial charge in [-0.3, -0.25) is 50.5 Å². The summed E-state index contributed by atoms with van der Waals surface area (Å²) in [6.07, 6.45) is 16.2. The molecule has 38 nitrogen and oxygen atoms in total. The third kappa shape index (κ3) is 248. The van der Waals surface area contributed by atoms with Gasteiger partial charge in [0.15, 0.2) is 0 Å². The van der Waals surface area contributed by atoms with Crippen molar-refractivity contribution in [3.8, 4) is 0 Å². The Kier molecular flexibility index (Phi) is 168. The molecule has 0 heterocycles. The molecular formula is C24H78B12Cl12N2O36. The van der Waals surface area contributed by atoms with Gasteiger partial charge in [0.05, 0.1) is 0 Å². The van der Waals surface area contributed by atoms with Gasteiger partial charge in [0, 0.05) is 142 Å². The van der Waals surface area contributed by atoms with Crippen molar-refractivity contribution in [2.24, 2.45) is 0 Å². The quantitative estimate of drug-likeness (QED) is 0.0317. The zero-order chi connectivity index (χ0) is 71.3. The minimum Gasteiger partial charge on any atom is -0.401 e. The molecule has 0 amide bonds. The summed E-state index contributed by atoms with van der Waals surface area (Å²) >= 11 is 52.0. The van der Waals surface area contributed by atoms with Crippen molar-refractivity contribution in [2.45, 2.75) is 119 Å². The fourth-order valence-electron chi connectivity index (χ4n) is 2.96. The molecule has 0 fully saturated rings. The average Bonchev–Trinajstić information content (AvgIpc) is 3.48. The Hall–Kier alpha value is 2.74. The van der Waals surface area contributed by atoms with E-state index in [1.54, 1.807) is 0 Å². The van der Waals surface area contributed by atoms with Crippen LogP contribution in [-0.2, 0) is 50.5 Å². The first-order valence-corrected chi connectivity index (χ1v) is 26.7. The molecule has 0 rings (SSSR count). The van der Waals surface area contributed by atoms with Gasteiger partial charge in [0.2, 0.25) is 0 Å². The van der Waals surface area contributed by atoms with E-state index in [4.69, 9.17) is 121 Å². The third-order valence-corrected chi connectivity index (χ3v) is 7.84. The number of hydrogen-bond acceptors (Lipinski definition) is 38. The van der Waals surface area contributed by atoms with Crippen LogP contribution >= 0.6 is 142 Å². The number of unbranched alkanes of at least 4 members (excludes halogenated alkanes) is 6. The Morgan fingerprint density at radius 2 is 0.244 bits per heavy atom. The van der Waals surface area contributed by atoms with Gasteiger partial charge in [-0.15, -0.1) is 0 Å². The van der Waals surface area contributed by atoms with Crippen LogP contribution in [0.2, 0.25) is 0 Å². The Labute approximate surface area is 565 Å². The molecule has 86 heavy (non-hydrogen) atoms. The van der Waals surface area contributed by atoms with Crippen molar-refractivity contribution in [3.05, 3.63) is 0 Å². The highest BCUT2D eigenvalue weighted by Gasteiger charge is 2.09. The summed E-state index contributed by atoms with van der Waals surface area (Å²) in [5.41, 5.74) is 0. The molecule has 0 spiro atoms. The van der Waals surface area contributed by atoms with E-state index < -0.39 is 87.9 Å². The first-order valence-electron chi connectivity index (χ1n) is 23.0. The van der Waals surface area contributed by atoms with Crippen LogP contribution in [0.1, 0.15) is 119 Å². The predicted octanol–water partition coefficient (Wildman–Crippen LogP) is -3.11. The van der Waals surface area contributed by atoms with E-state index in [1.165, 1.54) is 116 Å². The van der Waals surface area contributed by atoms with Crippen molar-refractivity contribution < 1.29 is 171 Å². The maximum atomic E-state index is 7.56. The van der Waals surface area contributed by atoms with Gasteiger partial charge in [-0.05, 0) is 77.8 Å². The normalized spacial score (nSPS) is 8.79. The smallest absolute Gasteiger partial charge is 0.401 e. The second-order valence-corrected chi connectivity index (χ2v) is 14.9. The minimum absolute atomic E-state index is 1.32. The fraction of sp³-hybridized carbons (Fsp3) is 1.00. The van der Waals surface area contributed by atoms with Crippen LogP contribution in [0.25, 0.3) is 0 Å². The van der Waals surface area contributed by atoms with E-state index in [0.29, 0.717) is 0 Å². The Morgan fingerprint density at radius 1 is 0.186 bits per heavy atom. The summed E-state index contributed by atoms with van der Waals surface area (Å²) in [6.45, 7) is 21.5. The predicted molar refractivity (Wildman–Crippen MR) is 328 cm³/mol. The van der Waals surface area contributed by atoms with Crippen LogP contribution in [0.3, 0.4) is 0 Å². The molecule has 0 atom stereocenters. The molecule has 62 heteroatoms. The zero-order valence-electron chi connectivity index (χ0n) is 46.7. The van der Waals surface area contributed by atoms with Gasteiger partial charge in [-0.25, -0.2) is 0 Å². The topological polar surface area (TPSA) is 603 Å². The lowest BCUT2D eigenvalue weighted by atomic mass is 10.2. The molecule has 0 unspecified atom stereocenters. The molecule has 24 N–H and O–H groups in total. The molecule has 0 radical (unpaired) electrons. The highest BCUT2D eigenvalue weighted by atomic mass is 35.5. The van der Waals surface area contributed by atoms with Crippen LogP contribution in [0, 0.1) is 0 Å². The van der Waals surface area contributed by atoms with E-state index in [9.17, 15) is 0 Å². The van der Waals surface area contributed by atoms with Crippen LogP contribution in [0.15, 0.2) is 0 Å². The number of rotatable bonds is 30. The largest absolute Gasteiger partial charge is 0.650 e. The first kappa shape index (κ1) is 122. The van der Waals surface area contributed by atoms with Crippen molar-refractivity contribution >= 4 is 230 Å². The van der Waals surface area contributed by atoms with Crippen LogP contribution < -0.4 is 0 Å². The van der Waals surface area contributed by atoms with E-state index in [2.05, 4.69) is 244 Å². The van der Waals surface area contributed by atoms with Gasteiger partial charge < -0.3 is 130 Å². The number of hydrogen-bond donors (Lipinski definition) is 24. The second-order valence-electron chi connectivity index (χ2n) is 12.8. The Morgan fingerprint density at radius 3 is 0.279 bits per heavy atom. The minimum atomic E-state index is -1.85. The van der Waals surface area contributed by atoms with Crippen LogP contribution in [-0.4, -0.2) is 257 Å². The van der Waals surface area contributed by atoms with E-state index in [1.807, 2.05) is 0 Å². The molecule has 0 bridgehead atoms. The van der Waals surface area contributed by atoms with Gasteiger partial charge in [-0.1, -0.05) is 80.1 Å². The molecule has 0 saturated heterocycles. The molecule has 0 aromatic carbocycles. The van der Waals surface area contributed by atoms with Crippen LogP contribution in [0.5, 0.6) is 0 Å². The van der Waals surface area contributed by atoms with E-state index in [0.717, 1.165) is 0 Å². The molecule has 0 aliphatic heterocycles. The monoisotopic (exact) mass is 1520 g/mol. The molecule has 0 saturated carbocycles. The summed E-state index contributed by atoms with van der Waals surface area (Å²) < 4.78 is 40.0. The zero-order valence-corrected chi connectivity index (χ0v) is 55.8. The molecular weight excluding hydrogens is 1450 g/mol. The second kappa shape index (κ2) is 118. The maximum absolute atomic E-state index is 7.56. The van der Waals surface area contributed by atoms with Crippen molar-refractivity contribution in [1.82, 2.24) is 9.80 Å². The van der Waals surface area contributed by atoms with Crippen molar-refractivity contribution in [1.29, 1.82) is 0 Å². The van der Waals surface area contributed by atoms with E-state index in [-0.39, 0.29) is 0 Å². The molecule has 0 aromatic heterocycles. The highest BCUT2D eigenvalue weighted by molar-refractivity contribution is 6.44. The molecule has 0 aromatic rings. The fourth-order valence-corrected chi connectivity index (χ4v) is 2.96. The maximum Gasteiger partial charge on any atom is 0.650 e. The summed E-state index contributed by atoms with van der Waals surface area (Å²) in [4.78, 5) is 5.27. The van der Waals surface area contributed by atoms with E-state index >= 15 is 0 Å². The lowest BCUT2D eigenvalue weighted by molar-refractivity contribution is 0.261. The SMILES string of the molecule is CCCCN(CCCC)CCCC.CCCCN(CCCC)CCCC.OB(O)OCl.OB(O)OCl.OB(O)OCl.OB(O)OCl.OB(O)OCl.OB(O)OCl.OB(O)OCl.OB(O)OCl.OB(O)OCl.OB(O)OCl.OB(O)OCl.OB(O)OCl. The van der Waals surface area contributed by atoms with Gasteiger partial charge in [0.25, 0.3) is 0 Å². The lowest BCUT2D eigenvalue weighted by Gasteiger charge is -2.21. The van der Waals surface area contributed by atoms with Crippen molar-refractivity contribution in [2.75, 3.05) is 39.3 Å². The van der Waals surface area contributed by atoms with Crippen LogP contribution in [0.4, 0.5) is 0 Å². The Balaban J connectivity index is -0.0000000553. The number of nitrogens with zero attached hydrogens (tertiary/aromatic N) is 2. The molecule has 0 aliphatic rings. The first-order chi connectivity index (χ1) is 39.9. The summed E-state index contributed by atoms with van der Waals surface area (Å²) in [6, 6.07) is 0.